The van der Waals surface area contributed by atoms with Crippen molar-refractivity contribution in [2.75, 3.05) is 9.80 Å². The summed E-state index contributed by atoms with van der Waals surface area (Å²) in [5, 5.41) is 10.3. The normalized spacial score (nSPS) is 16.6. The molecule has 0 bridgehead atoms. The van der Waals surface area contributed by atoms with Crippen LogP contribution in [0.5, 0.6) is 0 Å². The minimum absolute atomic E-state index is 0.570. The average Bonchev–Trinajstić information content (AvgIpc) is 1.52. The van der Waals surface area contributed by atoms with E-state index in [1.54, 1.807) is 0 Å². The van der Waals surface area contributed by atoms with Gasteiger partial charge in [0.2, 0.25) is 0 Å². The van der Waals surface area contributed by atoms with Gasteiger partial charge in [-0.1, -0.05) is 222 Å². The van der Waals surface area contributed by atoms with Gasteiger partial charge in [-0.25, -0.2) is 0 Å². The first-order valence-electron chi connectivity index (χ1n) is 35.2. The average molecular weight is 1190 g/mol. The molecule has 4 heteroatoms. The second kappa shape index (κ2) is 22.2. The zero-order valence-corrected chi connectivity index (χ0v) is 52.8. The summed E-state index contributed by atoms with van der Waals surface area (Å²) in [6.07, 6.45) is 23.4. The largest absolute Gasteiger partial charge is 0.309 e. The van der Waals surface area contributed by atoms with Crippen LogP contribution in [0.2, 0.25) is 0 Å². The Kier molecular flexibility index (Phi) is 13.1. The third kappa shape index (κ3) is 8.68. The maximum Gasteiger partial charge on any atom is 0.0641 e. The summed E-state index contributed by atoms with van der Waals surface area (Å²) in [7, 11) is 0. The van der Waals surface area contributed by atoms with Gasteiger partial charge in [-0.05, 0) is 181 Å². The monoisotopic (exact) mass is 1190 g/mol. The Labute approximate surface area is 540 Å². The fourth-order valence-electron chi connectivity index (χ4n) is 18.5. The van der Waals surface area contributed by atoms with Gasteiger partial charge in [0, 0.05) is 65.6 Å². The Morgan fingerprint density at radius 3 is 1.00 bits per heavy atom. The molecule has 4 aliphatic carbocycles. The zero-order chi connectivity index (χ0) is 60.4. The first-order chi connectivity index (χ1) is 45.7. The fourth-order valence-corrected chi connectivity index (χ4v) is 18.5. The molecule has 0 spiro atoms. The minimum Gasteiger partial charge on any atom is -0.309 e. The van der Waals surface area contributed by atoms with Crippen LogP contribution in [-0.4, -0.2) is 8.80 Å². The second-order valence-corrected chi connectivity index (χ2v) is 28.1. The second-order valence-electron chi connectivity index (χ2n) is 28.1. The van der Waals surface area contributed by atoms with Crippen LogP contribution in [0.3, 0.4) is 0 Å². The molecule has 4 fully saturated rings. The third-order valence-electron chi connectivity index (χ3n) is 23.0. The molecule has 4 saturated carbocycles. The third-order valence-corrected chi connectivity index (χ3v) is 23.0. The molecule has 450 valence electrons. The Bertz CT molecular complexity index is 4910. The molecule has 4 nitrogen and oxygen atoms in total. The topological polar surface area (TPSA) is 15.3 Å². The first-order valence-corrected chi connectivity index (χ1v) is 35.2. The molecule has 92 heavy (non-hydrogen) atoms. The number of hydrogen-bond donors (Lipinski definition) is 0. The van der Waals surface area contributed by atoms with Crippen LogP contribution >= 0.6 is 0 Å². The van der Waals surface area contributed by atoms with E-state index in [1.165, 1.54) is 270 Å². The summed E-state index contributed by atoms with van der Waals surface area (Å²) in [6.45, 7) is 0. The highest BCUT2D eigenvalue weighted by Gasteiger charge is 2.32. The molecule has 0 amide bonds. The lowest BCUT2D eigenvalue weighted by Gasteiger charge is -2.30. The van der Waals surface area contributed by atoms with Gasteiger partial charge in [-0.15, -0.1) is 0 Å². The van der Waals surface area contributed by atoms with Crippen molar-refractivity contribution in [2.24, 2.45) is 0 Å². The molecular formula is C88H78N4. The van der Waals surface area contributed by atoms with E-state index < -0.39 is 0 Å². The highest BCUT2D eigenvalue weighted by Crippen LogP contribution is 2.55. The van der Waals surface area contributed by atoms with E-state index >= 15 is 0 Å². The van der Waals surface area contributed by atoms with Gasteiger partial charge >= 0.3 is 0 Å². The Hall–Kier alpha value is -9.38. The standard InChI is InChI=1S/C88H78N4/c1-5-21-57(22-6-1)61-37-43-67(44-38-61)89(81-53-65(59-25-13-14-26-59)41-47-69(81)63-29-9-3-10-30-63)79-51-49-71-75-55-84-76(56-83(75)91-77-35-19-17-33-73(77)85(79)87(71)91)72-50-52-80(86-74-34-18-20-36-78(74)92(84)88(72)86)90(68-45-39-62(40-46-68)58-23-7-2-8-24-58)82-54-66(60-27-15-16-28-60)42-48-70(82)64-31-11-4-12-32-64/h3-4,9-12,17-20,29-60H,1-2,5-8,13-16,21-28H2. The molecule has 4 aromatic heterocycles. The predicted octanol–water partition coefficient (Wildman–Crippen LogP) is 25.7. The van der Waals surface area contributed by atoms with Crippen LogP contribution in [-0.2, 0) is 0 Å². The van der Waals surface area contributed by atoms with Crippen molar-refractivity contribution in [3.63, 3.8) is 0 Å². The number of fused-ring (bicyclic) bond motifs is 12. The molecule has 0 N–H and O–H groups in total. The van der Waals surface area contributed by atoms with Crippen molar-refractivity contribution in [3.05, 3.63) is 253 Å². The molecule has 19 rings (SSSR count). The summed E-state index contributed by atoms with van der Waals surface area (Å²) >= 11 is 0. The lowest BCUT2D eigenvalue weighted by Crippen LogP contribution is -2.13. The van der Waals surface area contributed by atoms with E-state index in [9.17, 15) is 0 Å². The van der Waals surface area contributed by atoms with Crippen LogP contribution < -0.4 is 9.80 Å². The molecule has 0 unspecified atom stereocenters. The van der Waals surface area contributed by atoms with Crippen molar-refractivity contribution in [3.8, 4) is 22.3 Å². The first kappa shape index (κ1) is 54.4. The minimum atomic E-state index is 0.570. The number of anilines is 6. The molecule has 0 saturated heterocycles. The van der Waals surface area contributed by atoms with Gasteiger partial charge in [0.1, 0.15) is 0 Å². The van der Waals surface area contributed by atoms with Crippen molar-refractivity contribution >= 4 is 110 Å². The van der Waals surface area contributed by atoms with Gasteiger partial charge in [0.05, 0.1) is 55.8 Å². The maximum atomic E-state index is 2.66. The lowest BCUT2D eigenvalue weighted by atomic mass is 9.84. The summed E-state index contributed by atoms with van der Waals surface area (Å²) in [5.74, 6) is 2.40. The zero-order valence-electron chi connectivity index (χ0n) is 52.8. The molecular weight excluding hydrogens is 1110 g/mol. The van der Waals surface area contributed by atoms with E-state index in [2.05, 4.69) is 249 Å². The quantitative estimate of drug-likeness (QED) is 0.121. The van der Waals surface area contributed by atoms with Crippen LogP contribution in [0.1, 0.15) is 162 Å². The van der Waals surface area contributed by atoms with E-state index in [1.807, 2.05) is 0 Å². The SMILES string of the molecule is c1ccc(-c2ccc(C3CCCC3)cc2N(c2ccc(C3CCCCC3)cc2)c2ccc3c4cc5c(cc4n4c6ccccc6c2c34)c2ccc(N(c3ccc(C4CCCCC4)cc3)c3cc(C4CCCC4)ccc3-c3ccccc3)c3c4ccccc4n5c23)cc1. The Balaban J connectivity index is 0.845. The van der Waals surface area contributed by atoms with Crippen molar-refractivity contribution in [1.29, 1.82) is 0 Å². The van der Waals surface area contributed by atoms with Gasteiger partial charge in [0.15, 0.2) is 0 Å². The van der Waals surface area contributed by atoms with Crippen LogP contribution in [0.25, 0.3) is 98.4 Å². The lowest BCUT2D eigenvalue weighted by molar-refractivity contribution is 0.443. The Morgan fingerprint density at radius 2 is 0.598 bits per heavy atom. The summed E-state index contributed by atoms with van der Waals surface area (Å²) in [4.78, 5) is 5.31. The van der Waals surface area contributed by atoms with Crippen LogP contribution in [0, 0.1) is 0 Å². The number of benzene rings is 11. The molecule has 11 aromatic carbocycles. The van der Waals surface area contributed by atoms with Crippen LogP contribution in [0.15, 0.2) is 231 Å². The van der Waals surface area contributed by atoms with E-state index in [0.717, 1.165) is 0 Å². The number of nitrogens with zero attached hydrogens (tertiary/aromatic N) is 4. The van der Waals surface area contributed by atoms with Gasteiger partial charge in [-0.2, -0.15) is 0 Å². The molecule has 0 atom stereocenters. The van der Waals surface area contributed by atoms with Crippen LogP contribution in [0.4, 0.5) is 34.1 Å². The summed E-state index contributed by atoms with van der Waals surface area (Å²) < 4.78 is 5.27. The van der Waals surface area contributed by atoms with Gasteiger partial charge < -0.3 is 18.6 Å². The van der Waals surface area contributed by atoms with Crippen molar-refractivity contribution in [2.45, 2.75) is 139 Å². The highest BCUT2D eigenvalue weighted by atomic mass is 15.2. The van der Waals surface area contributed by atoms with E-state index in [4.69, 9.17) is 0 Å². The van der Waals surface area contributed by atoms with E-state index in [-0.39, 0.29) is 0 Å². The number of para-hydroxylation sites is 2. The van der Waals surface area contributed by atoms with Gasteiger partial charge in [0.25, 0.3) is 0 Å². The Morgan fingerprint density at radius 1 is 0.250 bits per heavy atom. The summed E-state index contributed by atoms with van der Waals surface area (Å²) in [5.41, 5.74) is 25.8. The molecule has 0 radical (unpaired) electrons. The number of hydrogen-bond acceptors (Lipinski definition) is 2. The maximum absolute atomic E-state index is 2.66. The number of rotatable bonds is 12. The van der Waals surface area contributed by atoms with Gasteiger partial charge in [-0.3, -0.25) is 0 Å². The molecule has 0 aliphatic heterocycles. The molecule has 4 heterocycles. The fraction of sp³-hybridized carbons (Fsp3) is 0.250. The van der Waals surface area contributed by atoms with E-state index in [0.29, 0.717) is 23.7 Å². The summed E-state index contributed by atoms with van der Waals surface area (Å²) in [6, 6.07) is 90.5. The van der Waals surface area contributed by atoms with Crippen molar-refractivity contribution < 1.29 is 0 Å². The molecule has 4 aliphatic rings. The molecule has 15 aromatic rings. The van der Waals surface area contributed by atoms with Crippen molar-refractivity contribution in [1.82, 2.24) is 8.80 Å². The smallest absolute Gasteiger partial charge is 0.0641 e. The number of aromatic nitrogens is 2. The predicted molar refractivity (Wildman–Crippen MR) is 390 cm³/mol. The highest BCUT2D eigenvalue weighted by molar-refractivity contribution is 6.32.